The van der Waals surface area contributed by atoms with Crippen molar-refractivity contribution in [2.24, 2.45) is 0 Å². The summed E-state index contributed by atoms with van der Waals surface area (Å²) in [5.41, 5.74) is 2.04. The van der Waals surface area contributed by atoms with Gasteiger partial charge in [-0.3, -0.25) is 0 Å². The molecule has 0 saturated carbocycles. The average molecular weight is 295 g/mol. The Labute approximate surface area is 120 Å². The number of sulfone groups is 1. The maximum atomic E-state index is 11.1. The SMILES string of the molecule is Cc1c(C(C)NCCCS(C)(=O)=O)oc2ccccc12. The molecule has 0 aliphatic carbocycles. The third kappa shape index (κ3) is 3.61. The second kappa shape index (κ2) is 5.97. The first-order valence-electron chi connectivity index (χ1n) is 6.77. The normalized spacial score (nSPS) is 13.8. The van der Waals surface area contributed by atoms with Gasteiger partial charge in [0.15, 0.2) is 0 Å². The zero-order valence-corrected chi connectivity index (χ0v) is 13.0. The first-order valence-corrected chi connectivity index (χ1v) is 8.83. The molecule has 1 aromatic carbocycles. The van der Waals surface area contributed by atoms with Gasteiger partial charge in [0.2, 0.25) is 0 Å². The Morgan fingerprint density at radius 2 is 2.00 bits per heavy atom. The van der Waals surface area contributed by atoms with Crippen LogP contribution < -0.4 is 5.32 Å². The molecular formula is C15H21NO3S. The molecule has 0 bridgehead atoms. The van der Waals surface area contributed by atoms with Crippen molar-refractivity contribution in [2.75, 3.05) is 18.6 Å². The van der Waals surface area contributed by atoms with E-state index in [2.05, 4.69) is 12.2 Å². The van der Waals surface area contributed by atoms with Gasteiger partial charge in [-0.2, -0.15) is 0 Å². The van der Waals surface area contributed by atoms with Gasteiger partial charge >= 0.3 is 0 Å². The van der Waals surface area contributed by atoms with Gasteiger partial charge in [0.05, 0.1) is 11.8 Å². The lowest BCUT2D eigenvalue weighted by atomic mass is 10.1. The summed E-state index contributed by atoms with van der Waals surface area (Å²) in [6.07, 6.45) is 1.88. The van der Waals surface area contributed by atoms with Crippen molar-refractivity contribution in [3.05, 3.63) is 35.6 Å². The van der Waals surface area contributed by atoms with Gasteiger partial charge in [-0.15, -0.1) is 0 Å². The Bertz CT molecular complexity index is 688. The monoisotopic (exact) mass is 295 g/mol. The number of benzene rings is 1. The fraction of sp³-hybridized carbons (Fsp3) is 0.467. The minimum Gasteiger partial charge on any atom is -0.459 e. The lowest BCUT2D eigenvalue weighted by molar-refractivity contribution is 0.448. The van der Waals surface area contributed by atoms with Gasteiger partial charge in [0.1, 0.15) is 21.2 Å². The molecule has 110 valence electrons. The standard InChI is InChI=1S/C15H21NO3S/c1-11-13-7-4-5-8-14(13)19-15(11)12(2)16-9-6-10-20(3,17)18/h4-5,7-8,12,16H,6,9-10H2,1-3H3. The number of aryl methyl sites for hydroxylation is 1. The number of nitrogens with one attached hydrogen (secondary N) is 1. The average Bonchev–Trinajstić information content (AvgIpc) is 2.72. The number of fused-ring (bicyclic) bond motifs is 1. The van der Waals surface area contributed by atoms with Crippen molar-refractivity contribution in [3.8, 4) is 0 Å². The summed E-state index contributed by atoms with van der Waals surface area (Å²) in [7, 11) is -2.88. The zero-order chi connectivity index (χ0) is 14.8. The van der Waals surface area contributed by atoms with E-state index in [1.54, 1.807) is 0 Å². The van der Waals surface area contributed by atoms with Gasteiger partial charge in [-0.1, -0.05) is 18.2 Å². The second-order valence-electron chi connectivity index (χ2n) is 5.25. The summed E-state index contributed by atoms with van der Waals surface area (Å²) in [5.74, 6) is 1.14. The fourth-order valence-corrected chi connectivity index (χ4v) is 3.02. The van der Waals surface area contributed by atoms with Crippen molar-refractivity contribution in [1.29, 1.82) is 0 Å². The summed E-state index contributed by atoms with van der Waals surface area (Å²) >= 11 is 0. The summed E-state index contributed by atoms with van der Waals surface area (Å²) in [5, 5.41) is 4.45. The quantitative estimate of drug-likeness (QED) is 0.833. The largest absolute Gasteiger partial charge is 0.459 e. The van der Waals surface area contributed by atoms with Crippen molar-refractivity contribution in [3.63, 3.8) is 0 Å². The lowest BCUT2D eigenvalue weighted by Crippen LogP contribution is -2.22. The minimum atomic E-state index is -2.88. The highest BCUT2D eigenvalue weighted by atomic mass is 32.2. The minimum absolute atomic E-state index is 0.0713. The maximum absolute atomic E-state index is 11.1. The Morgan fingerprint density at radius 3 is 2.65 bits per heavy atom. The van der Waals surface area contributed by atoms with Crippen molar-refractivity contribution in [1.82, 2.24) is 5.32 Å². The Morgan fingerprint density at radius 1 is 1.30 bits per heavy atom. The van der Waals surface area contributed by atoms with Crippen LogP contribution in [0.5, 0.6) is 0 Å². The molecule has 2 aromatic rings. The Hall–Kier alpha value is -1.33. The van der Waals surface area contributed by atoms with E-state index in [0.29, 0.717) is 13.0 Å². The van der Waals surface area contributed by atoms with Gasteiger partial charge < -0.3 is 9.73 Å². The first-order chi connectivity index (χ1) is 9.38. The number of hydrogen-bond acceptors (Lipinski definition) is 4. The molecule has 2 rings (SSSR count). The van der Waals surface area contributed by atoms with Gasteiger partial charge in [0, 0.05) is 11.6 Å². The molecule has 0 amide bonds. The summed E-state index contributed by atoms with van der Waals surface area (Å²) in [4.78, 5) is 0. The van der Waals surface area contributed by atoms with Crippen LogP contribution in [0.4, 0.5) is 0 Å². The van der Waals surface area contributed by atoms with Crippen LogP contribution in [0.1, 0.15) is 30.7 Å². The van der Waals surface area contributed by atoms with E-state index >= 15 is 0 Å². The number of furan rings is 1. The predicted octanol–water partition coefficient (Wildman–Crippen LogP) is 2.83. The van der Waals surface area contributed by atoms with Crippen LogP contribution in [0.3, 0.4) is 0 Å². The highest BCUT2D eigenvalue weighted by Crippen LogP contribution is 2.28. The van der Waals surface area contributed by atoms with Crippen LogP contribution in [-0.2, 0) is 9.84 Å². The van der Waals surface area contributed by atoms with Crippen molar-refractivity contribution < 1.29 is 12.8 Å². The van der Waals surface area contributed by atoms with E-state index in [4.69, 9.17) is 4.42 Å². The molecular weight excluding hydrogens is 274 g/mol. The van der Waals surface area contributed by atoms with Crippen LogP contribution in [0, 0.1) is 6.92 Å². The third-order valence-electron chi connectivity index (χ3n) is 3.42. The Kier molecular flexibility index (Phi) is 4.50. The van der Waals surface area contributed by atoms with E-state index in [1.165, 1.54) is 6.26 Å². The molecule has 0 aliphatic heterocycles. The highest BCUT2D eigenvalue weighted by Gasteiger charge is 2.15. The molecule has 1 aromatic heterocycles. The molecule has 1 unspecified atom stereocenters. The molecule has 1 atom stereocenters. The zero-order valence-electron chi connectivity index (χ0n) is 12.1. The van der Waals surface area contributed by atoms with Crippen LogP contribution in [0.2, 0.25) is 0 Å². The summed E-state index contributed by atoms with van der Waals surface area (Å²) in [6, 6.07) is 8.04. The van der Waals surface area contributed by atoms with E-state index in [0.717, 1.165) is 22.3 Å². The van der Waals surface area contributed by atoms with Gasteiger partial charge in [0.25, 0.3) is 0 Å². The maximum Gasteiger partial charge on any atom is 0.147 e. The van der Waals surface area contributed by atoms with Crippen LogP contribution in [0.25, 0.3) is 11.0 Å². The van der Waals surface area contributed by atoms with Crippen LogP contribution in [-0.4, -0.2) is 27.0 Å². The van der Waals surface area contributed by atoms with E-state index in [9.17, 15) is 8.42 Å². The Balaban J connectivity index is 2.01. The second-order valence-corrected chi connectivity index (χ2v) is 7.51. The molecule has 0 fully saturated rings. The van der Waals surface area contributed by atoms with E-state index in [1.807, 2.05) is 31.2 Å². The predicted molar refractivity (Wildman–Crippen MR) is 81.7 cm³/mol. The van der Waals surface area contributed by atoms with E-state index in [-0.39, 0.29) is 11.8 Å². The smallest absolute Gasteiger partial charge is 0.147 e. The molecule has 0 aliphatic rings. The molecule has 4 nitrogen and oxygen atoms in total. The molecule has 0 saturated heterocycles. The topological polar surface area (TPSA) is 59.3 Å². The molecule has 1 N–H and O–H groups in total. The lowest BCUT2D eigenvalue weighted by Gasteiger charge is -2.12. The van der Waals surface area contributed by atoms with Gasteiger partial charge in [-0.05, 0) is 38.4 Å². The van der Waals surface area contributed by atoms with Crippen LogP contribution >= 0.6 is 0 Å². The van der Waals surface area contributed by atoms with Crippen molar-refractivity contribution >= 4 is 20.8 Å². The molecule has 0 radical (unpaired) electrons. The van der Waals surface area contributed by atoms with E-state index < -0.39 is 9.84 Å². The molecule has 0 spiro atoms. The summed E-state index contributed by atoms with van der Waals surface area (Å²) < 4.78 is 28.0. The molecule has 1 heterocycles. The molecule has 5 heteroatoms. The first kappa shape index (κ1) is 15.1. The number of para-hydroxylation sites is 1. The number of rotatable bonds is 6. The van der Waals surface area contributed by atoms with Crippen molar-refractivity contribution in [2.45, 2.75) is 26.3 Å². The number of hydrogen-bond donors (Lipinski definition) is 1. The fourth-order valence-electron chi connectivity index (χ4n) is 2.35. The summed E-state index contributed by atoms with van der Waals surface area (Å²) in [6.45, 7) is 4.74. The third-order valence-corrected chi connectivity index (χ3v) is 4.45. The van der Waals surface area contributed by atoms with Gasteiger partial charge in [-0.25, -0.2) is 8.42 Å². The van der Waals surface area contributed by atoms with Crippen LogP contribution in [0.15, 0.2) is 28.7 Å². The molecule has 20 heavy (non-hydrogen) atoms. The highest BCUT2D eigenvalue weighted by molar-refractivity contribution is 7.90.